The lowest BCUT2D eigenvalue weighted by atomic mass is 10.2. The molecule has 1 aliphatic heterocycles. The molecule has 1 atom stereocenters. The first-order chi connectivity index (χ1) is 12.9. The van der Waals surface area contributed by atoms with Gasteiger partial charge in [-0.25, -0.2) is 0 Å². The number of para-hydroxylation sites is 3. The Morgan fingerprint density at radius 2 is 1.70 bits per heavy atom. The molecule has 0 spiro atoms. The van der Waals surface area contributed by atoms with E-state index in [4.69, 9.17) is 4.74 Å². The van der Waals surface area contributed by atoms with Gasteiger partial charge in [0.1, 0.15) is 11.8 Å². The highest BCUT2D eigenvalue weighted by Crippen LogP contribution is 2.31. The molecule has 142 valence electrons. The Morgan fingerprint density at radius 3 is 2.41 bits per heavy atom. The molecule has 2 aromatic rings. The van der Waals surface area contributed by atoms with Gasteiger partial charge in [-0.05, 0) is 37.1 Å². The fourth-order valence-electron chi connectivity index (χ4n) is 2.94. The van der Waals surface area contributed by atoms with Gasteiger partial charge >= 0.3 is 12.1 Å². The second kappa shape index (κ2) is 7.69. The monoisotopic (exact) mass is 378 g/mol. The van der Waals surface area contributed by atoms with Crippen molar-refractivity contribution >= 4 is 17.5 Å². The van der Waals surface area contributed by atoms with Gasteiger partial charge in [-0.3, -0.25) is 9.59 Å². The van der Waals surface area contributed by atoms with Gasteiger partial charge in [0.2, 0.25) is 5.91 Å². The summed E-state index contributed by atoms with van der Waals surface area (Å²) in [6.07, 6.45) is -4.49. The Hall–Kier alpha value is -3.03. The van der Waals surface area contributed by atoms with Gasteiger partial charge in [0.25, 0.3) is 0 Å². The molecule has 2 amide bonds. The van der Waals surface area contributed by atoms with Crippen LogP contribution in [-0.4, -0.2) is 35.5 Å². The molecule has 5 nitrogen and oxygen atoms in total. The van der Waals surface area contributed by atoms with E-state index in [2.05, 4.69) is 5.32 Å². The Balaban J connectivity index is 1.75. The summed E-state index contributed by atoms with van der Waals surface area (Å²) in [6.45, 7) is -0.0986. The number of hydrogen-bond acceptors (Lipinski definition) is 3. The smallest absolute Gasteiger partial charge is 0.455 e. The summed E-state index contributed by atoms with van der Waals surface area (Å²) in [5.41, 5.74) is 0.317. The molecule has 0 saturated carbocycles. The number of anilines is 1. The first kappa shape index (κ1) is 18.8. The fourth-order valence-corrected chi connectivity index (χ4v) is 2.94. The molecule has 1 unspecified atom stereocenters. The van der Waals surface area contributed by atoms with Crippen LogP contribution in [0.2, 0.25) is 0 Å². The van der Waals surface area contributed by atoms with Crippen molar-refractivity contribution in [1.29, 1.82) is 0 Å². The van der Waals surface area contributed by atoms with E-state index in [1.165, 1.54) is 0 Å². The van der Waals surface area contributed by atoms with Gasteiger partial charge in [-0.2, -0.15) is 13.2 Å². The average molecular weight is 378 g/mol. The minimum Gasteiger partial charge on any atom is -0.455 e. The van der Waals surface area contributed by atoms with Crippen molar-refractivity contribution < 1.29 is 27.5 Å². The van der Waals surface area contributed by atoms with Crippen molar-refractivity contribution in [2.45, 2.75) is 25.1 Å². The quantitative estimate of drug-likeness (QED) is 0.876. The molecular weight excluding hydrogens is 361 g/mol. The molecule has 2 aromatic carbocycles. The number of nitrogens with one attached hydrogen (secondary N) is 1. The molecule has 1 saturated heterocycles. The number of halogens is 3. The van der Waals surface area contributed by atoms with Gasteiger partial charge in [0, 0.05) is 6.54 Å². The van der Waals surface area contributed by atoms with Crippen molar-refractivity contribution in [1.82, 2.24) is 4.90 Å². The number of carbonyl (C=O) groups excluding carboxylic acids is 2. The summed E-state index contributed by atoms with van der Waals surface area (Å²) >= 11 is 0. The summed E-state index contributed by atoms with van der Waals surface area (Å²) in [7, 11) is 0. The summed E-state index contributed by atoms with van der Waals surface area (Å²) in [4.78, 5) is 24.7. The lowest BCUT2D eigenvalue weighted by molar-refractivity contribution is -0.186. The van der Waals surface area contributed by atoms with Gasteiger partial charge < -0.3 is 15.0 Å². The average Bonchev–Trinajstić information content (AvgIpc) is 3.12. The van der Waals surface area contributed by atoms with Gasteiger partial charge in [-0.1, -0.05) is 30.3 Å². The van der Waals surface area contributed by atoms with Gasteiger partial charge in [0.05, 0.1) is 5.69 Å². The van der Waals surface area contributed by atoms with Crippen molar-refractivity contribution in [2.24, 2.45) is 0 Å². The highest BCUT2D eigenvalue weighted by Gasteiger charge is 2.47. The van der Waals surface area contributed by atoms with Crippen LogP contribution >= 0.6 is 0 Å². The number of amides is 2. The van der Waals surface area contributed by atoms with Crippen LogP contribution in [0.3, 0.4) is 0 Å². The zero-order valence-electron chi connectivity index (χ0n) is 14.2. The van der Waals surface area contributed by atoms with E-state index in [0.29, 0.717) is 28.5 Å². The van der Waals surface area contributed by atoms with Crippen LogP contribution in [0.1, 0.15) is 12.8 Å². The first-order valence-corrected chi connectivity index (χ1v) is 8.37. The topological polar surface area (TPSA) is 58.6 Å². The molecule has 1 aliphatic rings. The Kier molecular flexibility index (Phi) is 5.34. The largest absolute Gasteiger partial charge is 0.471 e. The SMILES string of the molecule is O=C(Nc1ccccc1Oc1ccccc1)C1CCCN1C(=O)C(F)(F)F. The Bertz CT molecular complexity index is 824. The Morgan fingerprint density at radius 1 is 1.04 bits per heavy atom. The maximum Gasteiger partial charge on any atom is 0.471 e. The molecular formula is C19H17F3N2O3. The van der Waals surface area contributed by atoms with E-state index in [9.17, 15) is 22.8 Å². The maximum atomic E-state index is 12.7. The Labute approximate surface area is 153 Å². The van der Waals surface area contributed by atoms with E-state index in [1.807, 2.05) is 6.07 Å². The fraction of sp³-hybridized carbons (Fsp3) is 0.263. The second-order valence-corrected chi connectivity index (χ2v) is 6.05. The summed E-state index contributed by atoms with van der Waals surface area (Å²) in [5.74, 6) is -1.76. The third-order valence-electron chi connectivity index (χ3n) is 4.17. The summed E-state index contributed by atoms with van der Waals surface area (Å²) in [5, 5.41) is 2.58. The van der Waals surface area contributed by atoms with Crippen molar-refractivity contribution in [2.75, 3.05) is 11.9 Å². The summed E-state index contributed by atoms with van der Waals surface area (Å²) in [6, 6.07) is 14.3. The van der Waals surface area contributed by atoms with E-state index in [0.717, 1.165) is 0 Å². The molecule has 8 heteroatoms. The number of alkyl halides is 3. The molecule has 0 bridgehead atoms. The van der Waals surface area contributed by atoms with Crippen LogP contribution in [0.25, 0.3) is 0 Å². The van der Waals surface area contributed by atoms with Crippen LogP contribution in [-0.2, 0) is 9.59 Å². The summed E-state index contributed by atoms with van der Waals surface area (Å²) < 4.78 is 43.9. The zero-order chi connectivity index (χ0) is 19.4. The van der Waals surface area contributed by atoms with E-state index >= 15 is 0 Å². The molecule has 0 radical (unpaired) electrons. The molecule has 1 heterocycles. The lowest BCUT2D eigenvalue weighted by Crippen LogP contribution is -2.48. The molecule has 1 N–H and O–H groups in total. The highest BCUT2D eigenvalue weighted by molar-refractivity contribution is 5.99. The van der Waals surface area contributed by atoms with Crippen LogP contribution in [0.4, 0.5) is 18.9 Å². The van der Waals surface area contributed by atoms with E-state index in [-0.39, 0.29) is 13.0 Å². The minimum atomic E-state index is -5.00. The number of carbonyl (C=O) groups is 2. The number of ether oxygens (including phenoxy) is 1. The van der Waals surface area contributed by atoms with Crippen LogP contribution in [0.5, 0.6) is 11.5 Å². The standard InChI is InChI=1S/C19H17F3N2O3/c20-19(21,22)18(26)24-12-6-10-15(24)17(25)23-14-9-4-5-11-16(14)27-13-7-2-1-3-8-13/h1-5,7-9,11,15H,6,10,12H2,(H,23,25). The van der Waals surface area contributed by atoms with Gasteiger partial charge in [-0.15, -0.1) is 0 Å². The van der Waals surface area contributed by atoms with Crippen LogP contribution < -0.4 is 10.1 Å². The number of benzene rings is 2. The third kappa shape index (κ3) is 4.39. The highest BCUT2D eigenvalue weighted by atomic mass is 19.4. The predicted molar refractivity (Wildman–Crippen MR) is 92.4 cm³/mol. The molecule has 1 fully saturated rings. The van der Waals surface area contributed by atoms with Crippen molar-refractivity contribution in [3.05, 3.63) is 54.6 Å². The molecule has 0 aromatic heterocycles. The van der Waals surface area contributed by atoms with Crippen molar-refractivity contribution in [3.8, 4) is 11.5 Å². The molecule has 27 heavy (non-hydrogen) atoms. The van der Waals surface area contributed by atoms with E-state index < -0.39 is 24.0 Å². The van der Waals surface area contributed by atoms with E-state index in [1.54, 1.807) is 48.5 Å². The van der Waals surface area contributed by atoms with Crippen molar-refractivity contribution in [3.63, 3.8) is 0 Å². The lowest BCUT2D eigenvalue weighted by Gasteiger charge is -2.25. The number of hydrogen-bond donors (Lipinski definition) is 1. The number of likely N-dealkylation sites (tertiary alicyclic amines) is 1. The molecule has 3 rings (SSSR count). The first-order valence-electron chi connectivity index (χ1n) is 8.37. The third-order valence-corrected chi connectivity index (χ3v) is 4.17. The zero-order valence-corrected chi connectivity index (χ0v) is 14.2. The normalized spacial score (nSPS) is 16.9. The van der Waals surface area contributed by atoms with Gasteiger partial charge in [0.15, 0.2) is 5.75 Å². The maximum absolute atomic E-state index is 12.7. The minimum absolute atomic E-state index is 0.0986. The molecule has 0 aliphatic carbocycles. The second-order valence-electron chi connectivity index (χ2n) is 6.05. The van der Waals surface area contributed by atoms with Crippen LogP contribution in [0.15, 0.2) is 54.6 Å². The predicted octanol–water partition coefficient (Wildman–Crippen LogP) is 3.97. The number of rotatable bonds is 4. The number of nitrogens with zero attached hydrogens (tertiary/aromatic N) is 1. The van der Waals surface area contributed by atoms with Crippen LogP contribution in [0, 0.1) is 0 Å².